The number of alkyl carbamates (subject to hydrolysis) is 1. The molecule has 1 aromatic rings. The molecule has 6 heteroatoms. The number of hydrogen-bond acceptors (Lipinski definition) is 4. The first-order valence-corrected chi connectivity index (χ1v) is 7.81. The average molecular weight is 323 g/mol. The number of ether oxygens (including phenoxy) is 3. The fourth-order valence-corrected chi connectivity index (χ4v) is 4.12. The Hall–Kier alpha value is -1.98. The third kappa shape index (κ3) is 2.15. The van der Waals surface area contributed by atoms with Crippen LogP contribution in [0.4, 0.5) is 9.18 Å². The summed E-state index contributed by atoms with van der Waals surface area (Å²) >= 11 is 0. The number of halogens is 1. The lowest BCUT2D eigenvalue weighted by atomic mass is 9.95. The molecule has 0 aliphatic heterocycles. The minimum absolute atomic E-state index is 0.235. The van der Waals surface area contributed by atoms with Gasteiger partial charge in [0.15, 0.2) is 17.2 Å². The minimum atomic E-state index is -1.60. The molecule has 0 spiro atoms. The molecule has 1 aromatic carbocycles. The van der Waals surface area contributed by atoms with Crippen molar-refractivity contribution in [3.63, 3.8) is 0 Å². The molecule has 0 bridgehead atoms. The van der Waals surface area contributed by atoms with Gasteiger partial charge in [-0.05, 0) is 30.5 Å². The Bertz CT molecular complexity index is 623. The predicted molar refractivity (Wildman–Crippen MR) is 82.6 cm³/mol. The highest BCUT2D eigenvalue weighted by atomic mass is 19.1. The van der Waals surface area contributed by atoms with Gasteiger partial charge < -0.3 is 19.5 Å². The quantitative estimate of drug-likeness (QED) is 0.925. The number of amides is 1. The van der Waals surface area contributed by atoms with Gasteiger partial charge in [0.2, 0.25) is 0 Å². The molecule has 3 rings (SSSR count). The van der Waals surface area contributed by atoms with E-state index in [-0.39, 0.29) is 5.92 Å². The van der Waals surface area contributed by atoms with Crippen molar-refractivity contribution in [3.8, 4) is 11.5 Å². The highest BCUT2D eigenvalue weighted by Gasteiger charge is 2.79. The van der Waals surface area contributed by atoms with Crippen LogP contribution in [0.3, 0.4) is 0 Å². The molecule has 0 heterocycles. The Labute approximate surface area is 135 Å². The molecule has 0 aromatic heterocycles. The largest absolute Gasteiger partial charge is 0.493 e. The van der Waals surface area contributed by atoms with Crippen molar-refractivity contribution in [3.05, 3.63) is 23.8 Å². The topological polar surface area (TPSA) is 56.8 Å². The highest BCUT2D eigenvalue weighted by Crippen LogP contribution is 2.70. The Morgan fingerprint density at radius 3 is 2.61 bits per heavy atom. The van der Waals surface area contributed by atoms with Gasteiger partial charge in [0, 0.05) is 5.92 Å². The summed E-state index contributed by atoms with van der Waals surface area (Å²) in [5.74, 6) is 0.804. The zero-order valence-corrected chi connectivity index (χ0v) is 13.6. The van der Waals surface area contributed by atoms with Crippen LogP contribution in [-0.2, 0) is 10.4 Å². The molecule has 2 aliphatic rings. The van der Waals surface area contributed by atoms with E-state index in [1.165, 1.54) is 14.2 Å². The Morgan fingerprint density at radius 2 is 1.96 bits per heavy atom. The van der Waals surface area contributed by atoms with Crippen molar-refractivity contribution in [2.45, 2.75) is 36.9 Å². The van der Waals surface area contributed by atoms with Gasteiger partial charge in [-0.25, -0.2) is 9.18 Å². The van der Waals surface area contributed by atoms with E-state index in [9.17, 15) is 4.79 Å². The number of rotatable bonds is 4. The fourth-order valence-electron chi connectivity index (χ4n) is 4.12. The van der Waals surface area contributed by atoms with Crippen LogP contribution in [0.15, 0.2) is 18.2 Å². The number of nitrogens with one attached hydrogen (secondary N) is 1. The van der Waals surface area contributed by atoms with Crippen molar-refractivity contribution >= 4 is 6.09 Å². The maximum atomic E-state index is 15.9. The standard InChI is InChI=1S/C17H22FNO4/c1-21-12-8-7-11(10-13(12)22-2)17(18)14-6-4-5-9-16(14,17)19-15(20)23-3/h7-8,10,14H,4-6,9H2,1-3H3,(H,19,20). The summed E-state index contributed by atoms with van der Waals surface area (Å²) in [5, 5.41) is 2.77. The molecule has 126 valence electrons. The fraction of sp³-hybridized carbons (Fsp3) is 0.588. The van der Waals surface area contributed by atoms with Gasteiger partial charge in [-0.2, -0.15) is 0 Å². The van der Waals surface area contributed by atoms with Crippen LogP contribution in [0.2, 0.25) is 0 Å². The second-order valence-corrected chi connectivity index (χ2v) is 6.17. The smallest absolute Gasteiger partial charge is 0.407 e. The van der Waals surface area contributed by atoms with E-state index >= 15 is 4.39 Å². The van der Waals surface area contributed by atoms with E-state index in [0.29, 0.717) is 23.5 Å². The Kier molecular flexibility index (Phi) is 3.86. The summed E-state index contributed by atoms with van der Waals surface area (Å²) in [6, 6.07) is 5.07. The molecule has 3 unspecified atom stereocenters. The first-order valence-electron chi connectivity index (χ1n) is 7.81. The van der Waals surface area contributed by atoms with E-state index in [1.54, 1.807) is 25.3 Å². The first kappa shape index (κ1) is 15.9. The lowest BCUT2D eigenvalue weighted by Crippen LogP contribution is -2.43. The Balaban J connectivity index is 1.99. The predicted octanol–water partition coefficient (Wildman–Crippen LogP) is 3.17. The first-order chi connectivity index (χ1) is 11.0. The maximum absolute atomic E-state index is 15.9. The van der Waals surface area contributed by atoms with E-state index in [1.807, 2.05) is 0 Å². The molecular weight excluding hydrogens is 301 g/mol. The van der Waals surface area contributed by atoms with Crippen LogP contribution in [0, 0.1) is 5.92 Å². The highest BCUT2D eigenvalue weighted by molar-refractivity contribution is 5.70. The number of alkyl halides is 1. The second-order valence-electron chi connectivity index (χ2n) is 6.17. The molecule has 1 N–H and O–H groups in total. The van der Waals surface area contributed by atoms with Crippen LogP contribution < -0.4 is 14.8 Å². The zero-order valence-electron chi connectivity index (χ0n) is 13.6. The van der Waals surface area contributed by atoms with Crippen LogP contribution in [0.1, 0.15) is 31.2 Å². The van der Waals surface area contributed by atoms with Gasteiger partial charge in [-0.1, -0.05) is 18.9 Å². The number of hydrogen-bond donors (Lipinski definition) is 1. The summed E-state index contributed by atoms with van der Waals surface area (Å²) in [6.45, 7) is 0. The van der Waals surface area contributed by atoms with Crippen molar-refractivity contribution in [2.24, 2.45) is 5.92 Å². The zero-order chi connectivity index (χ0) is 16.7. The van der Waals surface area contributed by atoms with Crippen molar-refractivity contribution in [2.75, 3.05) is 21.3 Å². The SMILES string of the molecule is COC(=O)NC12CCCCC1C2(F)c1ccc(OC)c(OC)c1. The number of carbonyl (C=O) groups excluding carboxylic acids is 1. The lowest BCUT2D eigenvalue weighted by molar-refractivity contribution is 0.152. The van der Waals surface area contributed by atoms with Crippen LogP contribution in [0.5, 0.6) is 11.5 Å². The number of carbonyl (C=O) groups is 1. The molecule has 0 saturated heterocycles. The number of fused-ring (bicyclic) bond motifs is 1. The van der Waals surface area contributed by atoms with Crippen LogP contribution in [0.25, 0.3) is 0 Å². The lowest BCUT2D eigenvalue weighted by Gasteiger charge is -2.23. The van der Waals surface area contributed by atoms with Gasteiger partial charge in [0.05, 0.1) is 26.9 Å². The van der Waals surface area contributed by atoms with E-state index in [4.69, 9.17) is 14.2 Å². The summed E-state index contributed by atoms with van der Waals surface area (Å²) < 4.78 is 31.1. The van der Waals surface area contributed by atoms with E-state index in [2.05, 4.69) is 5.32 Å². The molecule has 2 fully saturated rings. The summed E-state index contributed by atoms with van der Waals surface area (Å²) in [7, 11) is 4.36. The molecule has 1 amide bonds. The van der Waals surface area contributed by atoms with Gasteiger partial charge in [-0.15, -0.1) is 0 Å². The number of methoxy groups -OCH3 is 3. The van der Waals surface area contributed by atoms with Crippen molar-refractivity contribution in [1.82, 2.24) is 5.32 Å². The number of benzene rings is 1. The van der Waals surface area contributed by atoms with Crippen LogP contribution in [-0.4, -0.2) is 33.0 Å². The van der Waals surface area contributed by atoms with Gasteiger partial charge in [0.25, 0.3) is 0 Å². The molecular formula is C17H22FNO4. The summed E-state index contributed by atoms with van der Waals surface area (Å²) in [5.41, 5.74) is -1.96. The average Bonchev–Trinajstić information content (AvgIpc) is 3.13. The van der Waals surface area contributed by atoms with Gasteiger partial charge in [0.1, 0.15) is 0 Å². The Morgan fingerprint density at radius 1 is 1.22 bits per heavy atom. The van der Waals surface area contributed by atoms with Gasteiger partial charge >= 0.3 is 6.09 Å². The van der Waals surface area contributed by atoms with E-state index < -0.39 is 17.3 Å². The summed E-state index contributed by atoms with van der Waals surface area (Å²) in [4.78, 5) is 11.7. The molecule has 2 saturated carbocycles. The van der Waals surface area contributed by atoms with E-state index in [0.717, 1.165) is 19.3 Å². The van der Waals surface area contributed by atoms with Crippen molar-refractivity contribution < 1.29 is 23.4 Å². The molecule has 2 aliphatic carbocycles. The summed E-state index contributed by atoms with van der Waals surface area (Å²) in [6.07, 6.45) is 2.62. The molecule has 5 nitrogen and oxygen atoms in total. The van der Waals surface area contributed by atoms with Crippen LogP contribution >= 0.6 is 0 Å². The third-order valence-corrected chi connectivity index (χ3v) is 5.27. The van der Waals surface area contributed by atoms with Crippen molar-refractivity contribution in [1.29, 1.82) is 0 Å². The normalized spacial score (nSPS) is 31.7. The van der Waals surface area contributed by atoms with Gasteiger partial charge in [-0.3, -0.25) is 0 Å². The maximum Gasteiger partial charge on any atom is 0.407 e. The molecule has 23 heavy (non-hydrogen) atoms. The monoisotopic (exact) mass is 323 g/mol. The molecule has 3 atom stereocenters. The third-order valence-electron chi connectivity index (χ3n) is 5.27. The molecule has 0 radical (unpaired) electrons. The minimum Gasteiger partial charge on any atom is -0.493 e. The second kappa shape index (κ2) is 5.58.